The Morgan fingerprint density at radius 2 is 1.69 bits per heavy atom. The van der Waals surface area contributed by atoms with Gasteiger partial charge >= 0.3 is 8.80 Å². The Hall–Kier alpha value is 0.0569. The molecule has 0 radical (unpaired) electrons. The highest BCUT2D eigenvalue weighted by Gasteiger charge is 2.50. The van der Waals surface area contributed by atoms with E-state index in [-0.39, 0.29) is 11.6 Å². The Morgan fingerprint density at radius 1 is 1.23 bits per heavy atom. The minimum Gasteiger partial charge on any atom is -0.378 e. The van der Waals surface area contributed by atoms with Gasteiger partial charge in [-0.2, -0.15) is 0 Å². The summed E-state index contributed by atoms with van der Waals surface area (Å²) in [5.74, 6) is 0. The smallest absolute Gasteiger partial charge is 0.378 e. The molecule has 0 N–H and O–H groups in total. The zero-order chi connectivity index (χ0) is 9.90. The summed E-state index contributed by atoms with van der Waals surface area (Å²) in [4.78, 5) is 0. The van der Waals surface area contributed by atoms with E-state index < -0.39 is 8.80 Å². The highest BCUT2D eigenvalue weighted by molar-refractivity contribution is 6.62. The summed E-state index contributed by atoms with van der Waals surface area (Å²) >= 11 is 0. The molecule has 0 aromatic rings. The van der Waals surface area contributed by atoms with Crippen molar-refractivity contribution in [3.63, 3.8) is 0 Å². The molecule has 0 aromatic heterocycles. The van der Waals surface area contributed by atoms with Crippen molar-refractivity contribution in [1.82, 2.24) is 0 Å². The van der Waals surface area contributed by atoms with Crippen molar-refractivity contribution in [3.8, 4) is 0 Å². The fourth-order valence-electron chi connectivity index (χ4n) is 1.68. The molecule has 0 aliphatic carbocycles. The lowest BCUT2D eigenvalue weighted by molar-refractivity contribution is -0.0660. The molecule has 0 bridgehead atoms. The fourth-order valence-corrected chi connectivity index (χ4v) is 4.02. The summed E-state index contributed by atoms with van der Waals surface area (Å²) in [6.07, 6.45) is 1.32. The molecular weight excluding hydrogens is 188 g/mol. The van der Waals surface area contributed by atoms with Crippen LogP contribution >= 0.6 is 0 Å². The highest BCUT2D eigenvalue weighted by Crippen LogP contribution is 2.34. The first-order chi connectivity index (χ1) is 6.20. The second-order valence-electron chi connectivity index (χ2n) is 3.20. The van der Waals surface area contributed by atoms with Crippen LogP contribution in [0.4, 0.5) is 0 Å². The van der Waals surface area contributed by atoms with Crippen molar-refractivity contribution in [2.45, 2.75) is 25.0 Å². The molecule has 78 valence electrons. The lowest BCUT2D eigenvalue weighted by Crippen LogP contribution is -2.53. The maximum atomic E-state index is 5.40. The van der Waals surface area contributed by atoms with Crippen LogP contribution in [0.1, 0.15) is 13.3 Å². The van der Waals surface area contributed by atoms with Crippen LogP contribution in [0.2, 0.25) is 5.54 Å². The Balaban J connectivity index is 2.60. The van der Waals surface area contributed by atoms with Crippen LogP contribution in [-0.2, 0) is 18.0 Å². The third-order valence-corrected chi connectivity index (χ3v) is 5.90. The van der Waals surface area contributed by atoms with Gasteiger partial charge in [-0.25, -0.2) is 0 Å². The van der Waals surface area contributed by atoms with Gasteiger partial charge in [0, 0.05) is 27.9 Å². The molecule has 0 amide bonds. The predicted octanol–water partition coefficient (Wildman–Crippen LogP) is 1.04. The summed E-state index contributed by atoms with van der Waals surface area (Å²) in [7, 11) is 2.42. The van der Waals surface area contributed by atoms with Gasteiger partial charge in [-0.3, -0.25) is 0 Å². The van der Waals surface area contributed by atoms with E-state index in [1.165, 1.54) is 0 Å². The van der Waals surface area contributed by atoms with Gasteiger partial charge in [0.1, 0.15) is 0 Å². The van der Waals surface area contributed by atoms with Gasteiger partial charge in [-0.15, -0.1) is 0 Å². The van der Waals surface area contributed by atoms with Crippen LogP contribution in [-0.4, -0.2) is 42.8 Å². The normalized spacial score (nSPS) is 25.4. The predicted molar refractivity (Wildman–Crippen MR) is 50.6 cm³/mol. The Bertz CT molecular complexity index is 148. The topological polar surface area (TPSA) is 36.9 Å². The van der Waals surface area contributed by atoms with E-state index in [0.717, 1.165) is 13.0 Å². The van der Waals surface area contributed by atoms with Crippen molar-refractivity contribution >= 4 is 8.80 Å². The maximum absolute atomic E-state index is 5.40. The summed E-state index contributed by atoms with van der Waals surface area (Å²) in [5.41, 5.74) is 0.209. The van der Waals surface area contributed by atoms with Gasteiger partial charge in [-0.05, 0) is 6.42 Å². The van der Waals surface area contributed by atoms with Crippen LogP contribution in [0.15, 0.2) is 0 Å². The molecule has 1 saturated heterocycles. The molecule has 13 heavy (non-hydrogen) atoms. The maximum Gasteiger partial charge on any atom is 0.505 e. The molecule has 5 heteroatoms. The SMILES string of the molecule is CO[Si](OC)(OC)C(C)C1CCO1. The van der Waals surface area contributed by atoms with Crippen molar-refractivity contribution < 1.29 is 18.0 Å². The molecule has 1 fully saturated rings. The molecule has 2 atom stereocenters. The van der Waals surface area contributed by atoms with Crippen molar-refractivity contribution in [3.05, 3.63) is 0 Å². The van der Waals surface area contributed by atoms with E-state index in [1.54, 1.807) is 21.3 Å². The molecule has 1 aliphatic heterocycles. The molecule has 2 unspecified atom stereocenters. The second-order valence-corrected chi connectivity index (χ2v) is 6.55. The number of ether oxygens (including phenoxy) is 1. The van der Waals surface area contributed by atoms with E-state index >= 15 is 0 Å². The molecule has 0 saturated carbocycles. The van der Waals surface area contributed by atoms with Crippen LogP contribution in [0.5, 0.6) is 0 Å². The molecule has 4 nitrogen and oxygen atoms in total. The summed E-state index contributed by atoms with van der Waals surface area (Å²) in [6, 6.07) is 0. The summed E-state index contributed by atoms with van der Waals surface area (Å²) in [6.45, 7) is 2.91. The van der Waals surface area contributed by atoms with E-state index in [2.05, 4.69) is 6.92 Å². The Kier molecular flexibility index (Phi) is 3.87. The van der Waals surface area contributed by atoms with Gasteiger partial charge in [0.2, 0.25) is 0 Å². The van der Waals surface area contributed by atoms with Crippen LogP contribution in [0, 0.1) is 0 Å². The number of hydrogen-bond donors (Lipinski definition) is 0. The van der Waals surface area contributed by atoms with E-state index in [9.17, 15) is 0 Å². The summed E-state index contributed by atoms with van der Waals surface area (Å²) < 4.78 is 21.5. The third kappa shape index (κ3) is 1.94. The molecule has 1 heterocycles. The highest BCUT2D eigenvalue weighted by atomic mass is 28.4. The molecule has 1 aliphatic rings. The van der Waals surface area contributed by atoms with Crippen LogP contribution < -0.4 is 0 Å². The van der Waals surface area contributed by atoms with Crippen molar-refractivity contribution in [1.29, 1.82) is 0 Å². The third-order valence-electron chi connectivity index (χ3n) is 2.70. The fraction of sp³-hybridized carbons (Fsp3) is 1.00. The zero-order valence-electron chi connectivity index (χ0n) is 8.70. The number of hydrogen-bond acceptors (Lipinski definition) is 4. The van der Waals surface area contributed by atoms with Crippen molar-refractivity contribution in [2.24, 2.45) is 0 Å². The van der Waals surface area contributed by atoms with Gasteiger partial charge in [0.15, 0.2) is 0 Å². The van der Waals surface area contributed by atoms with E-state index in [1.807, 2.05) is 0 Å². The average Bonchev–Trinajstić information content (AvgIpc) is 2.05. The first kappa shape index (κ1) is 11.1. The average molecular weight is 206 g/mol. The second kappa shape index (κ2) is 4.52. The minimum atomic E-state index is -2.48. The van der Waals surface area contributed by atoms with E-state index in [4.69, 9.17) is 18.0 Å². The largest absolute Gasteiger partial charge is 0.505 e. The molecule has 1 rings (SSSR count). The lowest BCUT2D eigenvalue weighted by atomic mass is 10.1. The molecule has 0 spiro atoms. The van der Waals surface area contributed by atoms with Crippen LogP contribution in [0.25, 0.3) is 0 Å². The van der Waals surface area contributed by atoms with Crippen LogP contribution in [0.3, 0.4) is 0 Å². The molecular formula is C8H18O4Si. The zero-order valence-corrected chi connectivity index (χ0v) is 9.70. The van der Waals surface area contributed by atoms with Gasteiger partial charge in [-0.1, -0.05) is 6.92 Å². The minimum absolute atomic E-state index is 0.209. The standard InChI is InChI=1S/C8H18O4Si/c1-7(8-5-6-12-8)13(9-2,10-3)11-4/h7-8H,5-6H2,1-4H3. The first-order valence-corrected chi connectivity index (χ1v) is 6.27. The van der Waals surface area contributed by atoms with Gasteiger partial charge < -0.3 is 18.0 Å². The Labute approximate surface area is 80.5 Å². The van der Waals surface area contributed by atoms with Gasteiger partial charge in [0.25, 0.3) is 0 Å². The monoisotopic (exact) mass is 206 g/mol. The Morgan fingerprint density at radius 3 is 1.92 bits per heavy atom. The quantitative estimate of drug-likeness (QED) is 0.630. The first-order valence-electron chi connectivity index (χ1n) is 4.47. The van der Waals surface area contributed by atoms with Gasteiger partial charge in [0.05, 0.1) is 11.6 Å². The van der Waals surface area contributed by atoms with E-state index in [0.29, 0.717) is 0 Å². The summed E-state index contributed by atoms with van der Waals surface area (Å²) in [5, 5.41) is 0. The molecule has 0 aromatic carbocycles. The lowest BCUT2D eigenvalue weighted by Gasteiger charge is -2.38. The van der Waals surface area contributed by atoms with Crippen molar-refractivity contribution in [2.75, 3.05) is 27.9 Å². The number of rotatable bonds is 5.